The molecule has 1 heteroatoms. The Balaban J connectivity index is 0. The second-order valence-electron chi connectivity index (χ2n) is 6.11. The van der Waals surface area contributed by atoms with Crippen molar-refractivity contribution in [2.75, 3.05) is 0 Å². The smallest absolute Gasteiger partial charge is 0.00970 e. The molecule has 0 radical (unpaired) electrons. The molecule has 0 spiro atoms. The Morgan fingerprint density at radius 1 is 0.733 bits per heavy atom. The summed E-state index contributed by atoms with van der Waals surface area (Å²) in [6.07, 6.45) is 6.44. The minimum Gasteiger partial charge on any atom is -0.326 e. The highest BCUT2D eigenvalue weighted by Crippen LogP contribution is 2.22. The summed E-state index contributed by atoms with van der Waals surface area (Å²) in [7, 11) is 0. The van der Waals surface area contributed by atoms with Gasteiger partial charge in [0, 0.05) is 5.54 Å². The van der Waals surface area contributed by atoms with Gasteiger partial charge < -0.3 is 5.73 Å². The third-order valence-corrected chi connectivity index (χ3v) is 2.25. The van der Waals surface area contributed by atoms with Gasteiger partial charge in [-0.1, -0.05) is 53.9 Å². The van der Waals surface area contributed by atoms with E-state index in [0.29, 0.717) is 5.41 Å². The van der Waals surface area contributed by atoms with E-state index in [1.54, 1.807) is 0 Å². The molecule has 0 aromatic carbocycles. The van der Waals surface area contributed by atoms with Crippen molar-refractivity contribution >= 4 is 0 Å². The molecule has 0 aromatic rings. The predicted octanol–water partition coefficient (Wildman–Crippen LogP) is 4.75. The maximum absolute atomic E-state index is 5.90. The molecule has 0 aliphatic carbocycles. The summed E-state index contributed by atoms with van der Waals surface area (Å²) in [5.74, 6) is 0. The highest BCUT2D eigenvalue weighted by molar-refractivity contribution is 4.71. The summed E-state index contributed by atoms with van der Waals surface area (Å²) in [5, 5.41) is 0. The molecule has 2 N–H and O–H groups in total. The van der Waals surface area contributed by atoms with Crippen molar-refractivity contribution in [3.8, 4) is 0 Å². The van der Waals surface area contributed by atoms with E-state index >= 15 is 0 Å². The van der Waals surface area contributed by atoms with Gasteiger partial charge in [0.05, 0.1) is 0 Å². The van der Waals surface area contributed by atoms with Crippen LogP contribution in [0, 0.1) is 5.41 Å². The molecule has 0 saturated heterocycles. The van der Waals surface area contributed by atoms with Crippen LogP contribution in [0.5, 0.6) is 0 Å². The number of hydrogen-bond acceptors (Lipinski definition) is 1. The molecule has 0 aliphatic rings. The normalized spacial score (nSPS) is 12.0. The minimum atomic E-state index is 0.0295. The summed E-state index contributed by atoms with van der Waals surface area (Å²) in [4.78, 5) is 0. The van der Waals surface area contributed by atoms with Gasteiger partial charge in [-0.15, -0.1) is 0 Å². The van der Waals surface area contributed by atoms with Gasteiger partial charge in [-0.2, -0.15) is 0 Å². The van der Waals surface area contributed by atoms with Crippen LogP contribution in [0.4, 0.5) is 0 Å². The number of hydrogen-bond donors (Lipinski definition) is 1. The largest absolute Gasteiger partial charge is 0.326 e. The lowest BCUT2D eigenvalue weighted by atomic mass is 9.88. The first-order chi connectivity index (χ1) is 6.71. The molecule has 0 aromatic heterocycles. The predicted molar refractivity (Wildman–Crippen MR) is 72.2 cm³/mol. The molecule has 0 fully saturated rings. The van der Waals surface area contributed by atoms with Crippen LogP contribution in [-0.2, 0) is 0 Å². The fourth-order valence-corrected chi connectivity index (χ4v) is 1.41. The zero-order valence-electron chi connectivity index (χ0n) is 12.1. The molecular weight excluding hydrogens is 182 g/mol. The summed E-state index contributed by atoms with van der Waals surface area (Å²) in [5.41, 5.74) is 6.43. The second kappa shape index (κ2) is 8.15. The molecule has 0 rings (SSSR count). The Labute approximate surface area is 97.8 Å². The highest BCUT2D eigenvalue weighted by Gasteiger charge is 2.11. The lowest BCUT2D eigenvalue weighted by Gasteiger charge is -2.20. The van der Waals surface area contributed by atoms with Gasteiger partial charge in [0.2, 0.25) is 0 Å². The Hall–Kier alpha value is -0.0400. The van der Waals surface area contributed by atoms with Gasteiger partial charge >= 0.3 is 0 Å². The molecular formula is C14H33N. The lowest BCUT2D eigenvalue weighted by molar-refractivity contribution is 0.350. The van der Waals surface area contributed by atoms with Gasteiger partial charge in [0.25, 0.3) is 0 Å². The third kappa shape index (κ3) is 20.1. The van der Waals surface area contributed by atoms with E-state index < -0.39 is 0 Å². The van der Waals surface area contributed by atoms with Crippen LogP contribution < -0.4 is 5.73 Å². The summed E-state index contributed by atoms with van der Waals surface area (Å²) < 4.78 is 0. The van der Waals surface area contributed by atoms with E-state index in [2.05, 4.69) is 34.6 Å². The van der Waals surface area contributed by atoms with Crippen LogP contribution >= 0.6 is 0 Å². The molecule has 0 unspecified atom stereocenters. The van der Waals surface area contributed by atoms with Gasteiger partial charge in [-0.05, 0) is 32.1 Å². The van der Waals surface area contributed by atoms with E-state index in [1.165, 1.54) is 25.7 Å². The van der Waals surface area contributed by atoms with Gasteiger partial charge in [0.1, 0.15) is 0 Å². The van der Waals surface area contributed by atoms with E-state index in [9.17, 15) is 0 Å². The molecule has 0 saturated carbocycles. The Morgan fingerprint density at radius 2 is 1.13 bits per heavy atom. The van der Waals surface area contributed by atoms with Crippen molar-refractivity contribution < 1.29 is 0 Å². The molecule has 0 aliphatic heterocycles. The van der Waals surface area contributed by atoms with Crippen molar-refractivity contribution in [3.05, 3.63) is 0 Å². The highest BCUT2D eigenvalue weighted by atomic mass is 14.7. The van der Waals surface area contributed by atoms with Crippen molar-refractivity contribution in [1.82, 2.24) is 0 Å². The maximum atomic E-state index is 5.90. The summed E-state index contributed by atoms with van der Waals surface area (Å²) in [6, 6.07) is 0. The van der Waals surface area contributed by atoms with Crippen molar-refractivity contribution in [2.24, 2.45) is 11.1 Å². The van der Waals surface area contributed by atoms with Crippen LogP contribution in [0.15, 0.2) is 0 Å². The van der Waals surface area contributed by atoms with Crippen LogP contribution in [-0.4, -0.2) is 5.54 Å². The standard InChI is InChI=1S/C12H27N.C2H6/c1-11(2,3)9-7-6-8-10-12(4,5)13;1-2/h6-10,13H2,1-5H3;1-2H3. The van der Waals surface area contributed by atoms with Crippen LogP contribution in [0.3, 0.4) is 0 Å². The van der Waals surface area contributed by atoms with E-state index in [4.69, 9.17) is 5.73 Å². The molecule has 15 heavy (non-hydrogen) atoms. The zero-order valence-corrected chi connectivity index (χ0v) is 12.1. The number of unbranched alkanes of at least 4 members (excludes halogenated alkanes) is 2. The first kappa shape index (κ1) is 17.4. The molecule has 0 atom stereocenters. The average Bonchev–Trinajstić information content (AvgIpc) is 2.03. The van der Waals surface area contributed by atoms with Gasteiger partial charge in [-0.25, -0.2) is 0 Å². The van der Waals surface area contributed by atoms with Crippen LogP contribution in [0.1, 0.15) is 80.6 Å². The minimum absolute atomic E-state index is 0.0295. The maximum Gasteiger partial charge on any atom is 0.00970 e. The van der Waals surface area contributed by atoms with E-state index in [1.807, 2.05) is 13.8 Å². The number of rotatable bonds is 5. The van der Waals surface area contributed by atoms with Crippen molar-refractivity contribution in [3.63, 3.8) is 0 Å². The first-order valence-electron chi connectivity index (χ1n) is 6.50. The SMILES string of the molecule is CC.CC(C)(C)CCCCCC(C)(C)N. The van der Waals surface area contributed by atoms with E-state index in [0.717, 1.165) is 6.42 Å². The van der Waals surface area contributed by atoms with Crippen molar-refractivity contribution in [1.29, 1.82) is 0 Å². The molecule has 0 amide bonds. The topological polar surface area (TPSA) is 26.0 Å². The molecule has 0 bridgehead atoms. The lowest BCUT2D eigenvalue weighted by Crippen LogP contribution is -2.31. The van der Waals surface area contributed by atoms with Gasteiger partial charge in [0.15, 0.2) is 0 Å². The third-order valence-electron chi connectivity index (χ3n) is 2.25. The Kier molecular flexibility index (Phi) is 9.43. The fourth-order valence-electron chi connectivity index (χ4n) is 1.41. The van der Waals surface area contributed by atoms with Crippen molar-refractivity contribution in [2.45, 2.75) is 86.1 Å². The van der Waals surface area contributed by atoms with Crippen LogP contribution in [0.2, 0.25) is 0 Å². The quantitative estimate of drug-likeness (QED) is 0.658. The first-order valence-corrected chi connectivity index (χ1v) is 6.50. The monoisotopic (exact) mass is 215 g/mol. The van der Waals surface area contributed by atoms with Crippen LogP contribution in [0.25, 0.3) is 0 Å². The summed E-state index contributed by atoms with van der Waals surface area (Å²) in [6.45, 7) is 15.1. The van der Waals surface area contributed by atoms with E-state index in [-0.39, 0.29) is 5.54 Å². The molecule has 1 nitrogen and oxygen atoms in total. The number of nitrogens with two attached hydrogens (primary N) is 1. The fraction of sp³-hybridized carbons (Fsp3) is 1.00. The average molecular weight is 215 g/mol. The molecule has 0 heterocycles. The Bertz CT molecular complexity index is 109. The summed E-state index contributed by atoms with van der Waals surface area (Å²) >= 11 is 0. The molecule has 94 valence electrons. The zero-order chi connectivity index (χ0) is 12.5. The van der Waals surface area contributed by atoms with Gasteiger partial charge in [-0.3, -0.25) is 0 Å². The second-order valence-corrected chi connectivity index (χ2v) is 6.11. The Morgan fingerprint density at radius 3 is 1.47 bits per heavy atom.